The molecule has 0 spiro atoms. The van der Waals surface area contributed by atoms with Gasteiger partial charge in [0.2, 0.25) is 0 Å². The highest BCUT2D eigenvalue weighted by Gasteiger charge is 1.83. The van der Waals surface area contributed by atoms with Crippen molar-refractivity contribution in [1.82, 2.24) is 4.40 Å². The Kier molecular flexibility index (Phi) is 3.38. The Bertz CT molecular complexity index is 304. The summed E-state index contributed by atoms with van der Waals surface area (Å²) in [5.41, 5.74) is 1.25. The molecular formula is C8H9BNO2. The van der Waals surface area contributed by atoms with Crippen LogP contribution in [-0.2, 0) is 0 Å². The smallest absolute Gasteiger partial charge is 0.429 e. The minimum Gasteiger partial charge on any atom is -0.429 e. The number of nitrogens with zero attached hydrogens (tertiary/aromatic N) is 1. The van der Waals surface area contributed by atoms with E-state index in [0.29, 0.717) is 0 Å². The lowest BCUT2D eigenvalue weighted by atomic mass is 10.4. The monoisotopic (exact) mass is 162 g/mol. The summed E-state index contributed by atoms with van der Waals surface area (Å²) in [7, 11) is 0. The molecule has 0 unspecified atom stereocenters. The van der Waals surface area contributed by atoms with Crippen molar-refractivity contribution in [3.63, 3.8) is 0 Å². The summed E-state index contributed by atoms with van der Waals surface area (Å²) in [5, 5.41) is 14.0. The first-order chi connectivity index (χ1) is 5.88. The van der Waals surface area contributed by atoms with Crippen LogP contribution in [-0.4, -0.2) is 22.1 Å². The van der Waals surface area contributed by atoms with Crippen molar-refractivity contribution >= 4 is 13.2 Å². The highest BCUT2D eigenvalue weighted by molar-refractivity contribution is 6.13. The quantitative estimate of drug-likeness (QED) is 0.552. The molecule has 0 aliphatic rings. The minimum absolute atomic E-state index is 0. The molecule has 4 heteroatoms. The zero-order chi connectivity index (χ0) is 8.81. The van der Waals surface area contributed by atoms with Gasteiger partial charge in [-0.25, -0.2) is 0 Å². The number of hydrogen-bond acceptors (Lipinski definition) is 2. The molecule has 0 aliphatic heterocycles. The molecule has 0 bridgehead atoms. The van der Waals surface area contributed by atoms with Gasteiger partial charge >= 0.3 is 7.69 Å². The molecule has 0 aliphatic carbocycles. The normalized spacial score (nSPS) is 8.83. The van der Waals surface area contributed by atoms with E-state index >= 15 is 0 Å². The molecule has 0 amide bonds. The largest absolute Gasteiger partial charge is 0.482 e. The van der Waals surface area contributed by atoms with Gasteiger partial charge in [-0.05, 0) is 24.3 Å². The third-order valence-corrected chi connectivity index (χ3v) is 1.44. The first kappa shape index (κ1) is 8.84. The third kappa shape index (κ3) is 2.12. The van der Waals surface area contributed by atoms with E-state index in [1.807, 2.05) is 30.6 Å². The van der Waals surface area contributed by atoms with E-state index in [0.717, 1.165) is 0 Å². The van der Waals surface area contributed by atoms with Crippen molar-refractivity contribution < 1.29 is 10.0 Å². The van der Waals surface area contributed by atoms with Crippen molar-refractivity contribution in [3.8, 4) is 0 Å². The number of hydrogen-bond donors (Lipinski definition) is 2. The molecule has 2 aromatic rings. The van der Waals surface area contributed by atoms with Gasteiger partial charge in [0.25, 0.3) is 0 Å². The first-order valence-corrected chi connectivity index (χ1v) is 3.50. The maximum atomic E-state index is 7.00. The van der Waals surface area contributed by atoms with Crippen molar-refractivity contribution in [2.45, 2.75) is 0 Å². The Hall–Kier alpha value is -1.26. The fourth-order valence-corrected chi connectivity index (χ4v) is 0.980. The van der Waals surface area contributed by atoms with Crippen LogP contribution in [0.25, 0.3) is 5.52 Å². The molecular weight excluding hydrogens is 153 g/mol. The first-order valence-electron chi connectivity index (χ1n) is 3.50. The molecule has 12 heavy (non-hydrogen) atoms. The maximum absolute atomic E-state index is 7.00. The number of aromatic nitrogens is 1. The summed E-state index contributed by atoms with van der Waals surface area (Å²) < 4.78 is 2.08. The molecule has 0 aromatic carbocycles. The number of fused-ring (bicyclic) bond motifs is 1. The fourth-order valence-electron chi connectivity index (χ4n) is 0.980. The van der Waals surface area contributed by atoms with Crippen LogP contribution in [0.2, 0.25) is 0 Å². The van der Waals surface area contributed by atoms with Crippen molar-refractivity contribution in [3.05, 3.63) is 42.7 Å². The van der Waals surface area contributed by atoms with Gasteiger partial charge in [0.15, 0.2) is 0 Å². The molecule has 3 nitrogen and oxygen atoms in total. The predicted molar refractivity (Wildman–Crippen MR) is 47.6 cm³/mol. The summed E-state index contributed by atoms with van der Waals surface area (Å²) in [5.74, 6) is 0. The van der Waals surface area contributed by atoms with Gasteiger partial charge in [-0.1, -0.05) is 6.07 Å². The highest BCUT2D eigenvalue weighted by Crippen LogP contribution is 2.01. The molecule has 0 fully saturated rings. The minimum atomic E-state index is 0. The molecule has 61 valence electrons. The van der Waals surface area contributed by atoms with Crippen molar-refractivity contribution in [2.75, 3.05) is 0 Å². The van der Waals surface area contributed by atoms with Crippen LogP contribution in [0.3, 0.4) is 0 Å². The summed E-state index contributed by atoms with van der Waals surface area (Å²) >= 11 is 0. The van der Waals surface area contributed by atoms with E-state index < -0.39 is 0 Å². The van der Waals surface area contributed by atoms with E-state index in [4.69, 9.17) is 10.0 Å². The van der Waals surface area contributed by atoms with E-state index in [1.165, 1.54) is 5.52 Å². The van der Waals surface area contributed by atoms with Gasteiger partial charge in [0.05, 0.1) is 0 Å². The summed E-state index contributed by atoms with van der Waals surface area (Å²) in [6.45, 7) is 0. The highest BCUT2D eigenvalue weighted by atomic mass is 16.4. The van der Waals surface area contributed by atoms with Crippen LogP contribution < -0.4 is 0 Å². The molecule has 2 aromatic heterocycles. The van der Waals surface area contributed by atoms with Crippen molar-refractivity contribution in [1.29, 1.82) is 0 Å². The Morgan fingerprint density at radius 2 is 1.58 bits per heavy atom. The van der Waals surface area contributed by atoms with E-state index in [9.17, 15) is 0 Å². The zero-order valence-corrected chi connectivity index (χ0v) is 6.46. The molecule has 0 atom stereocenters. The van der Waals surface area contributed by atoms with Crippen LogP contribution >= 0.6 is 0 Å². The summed E-state index contributed by atoms with van der Waals surface area (Å²) in [4.78, 5) is 0. The van der Waals surface area contributed by atoms with Gasteiger partial charge in [0.1, 0.15) is 0 Å². The molecule has 2 N–H and O–H groups in total. The third-order valence-electron chi connectivity index (χ3n) is 1.44. The molecule has 2 heterocycles. The van der Waals surface area contributed by atoms with Crippen molar-refractivity contribution in [2.24, 2.45) is 0 Å². The summed E-state index contributed by atoms with van der Waals surface area (Å²) in [6.07, 6.45) is 4.07. The second-order valence-corrected chi connectivity index (χ2v) is 2.16. The topological polar surface area (TPSA) is 44.9 Å². The number of rotatable bonds is 0. The SMILES string of the molecule is O[B]O.c1ccn2cccc2c1. The van der Waals surface area contributed by atoms with E-state index in [2.05, 4.69) is 16.5 Å². The lowest BCUT2D eigenvalue weighted by Gasteiger charge is -1.88. The molecule has 0 saturated heterocycles. The van der Waals surface area contributed by atoms with Crippen LogP contribution in [0.5, 0.6) is 0 Å². The molecule has 1 radical (unpaired) electrons. The van der Waals surface area contributed by atoms with E-state index in [1.54, 1.807) is 0 Å². The summed E-state index contributed by atoms with van der Waals surface area (Å²) in [6, 6.07) is 10.3. The van der Waals surface area contributed by atoms with Gasteiger partial charge in [-0.15, -0.1) is 0 Å². The average molecular weight is 162 g/mol. The van der Waals surface area contributed by atoms with Crippen LogP contribution in [0.4, 0.5) is 0 Å². The molecule has 0 saturated carbocycles. The Labute approximate surface area is 71.2 Å². The van der Waals surface area contributed by atoms with Gasteiger partial charge in [-0.3, -0.25) is 0 Å². The standard InChI is InChI=1S/C8H7N.BH2O2/c1-2-6-9-7-3-5-8(9)4-1;2-1-3/h1-7H;2-3H. The fraction of sp³-hybridized carbons (Fsp3) is 0. The van der Waals surface area contributed by atoms with Crippen LogP contribution in [0.15, 0.2) is 42.7 Å². The van der Waals surface area contributed by atoms with Crippen LogP contribution in [0.1, 0.15) is 0 Å². The Morgan fingerprint density at radius 1 is 1.00 bits per heavy atom. The predicted octanol–water partition coefficient (Wildman–Crippen LogP) is 0.445. The number of pyridine rings is 1. The lowest BCUT2D eigenvalue weighted by molar-refractivity contribution is 0.448. The lowest BCUT2D eigenvalue weighted by Crippen LogP contribution is -1.75. The molecule has 2 rings (SSSR count). The Balaban J connectivity index is 0.000000213. The van der Waals surface area contributed by atoms with Crippen LogP contribution in [0, 0.1) is 0 Å². The van der Waals surface area contributed by atoms with Gasteiger partial charge < -0.3 is 14.4 Å². The zero-order valence-electron chi connectivity index (χ0n) is 6.46. The maximum Gasteiger partial charge on any atom is 0.482 e. The van der Waals surface area contributed by atoms with E-state index in [-0.39, 0.29) is 7.69 Å². The van der Waals surface area contributed by atoms with Gasteiger partial charge in [-0.2, -0.15) is 0 Å². The van der Waals surface area contributed by atoms with Gasteiger partial charge in [0, 0.05) is 17.9 Å². The second kappa shape index (κ2) is 4.59. The second-order valence-electron chi connectivity index (χ2n) is 2.16. The Morgan fingerprint density at radius 3 is 2.25 bits per heavy atom. The average Bonchev–Trinajstić information content (AvgIpc) is 2.52.